The van der Waals surface area contributed by atoms with E-state index in [1.165, 1.54) is 10.7 Å². The average Bonchev–Trinajstić information content (AvgIpc) is 3.11. The number of aryl methyl sites for hydroxylation is 1. The van der Waals surface area contributed by atoms with Crippen LogP contribution in [0.5, 0.6) is 0 Å². The first-order chi connectivity index (χ1) is 12.0. The third-order valence-electron chi connectivity index (χ3n) is 4.33. The summed E-state index contributed by atoms with van der Waals surface area (Å²) in [5.41, 5.74) is 3.90. The van der Waals surface area contributed by atoms with Crippen LogP contribution in [0, 0.1) is 20.8 Å². The molecule has 0 fully saturated rings. The zero-order chi connectivity index (χ0) is 18.0. The van der Waals surface area contributed by atoms with E-state index in [-0.39, 0.29) is 17.2 Å². The minimum Gasteiger partial charge on any atom is -0.349 e. The molecule has 0 spiro atoms. The van der Waals surface area contributed by atoms with Gasteiger partial charge in [-0.1, -0.05) is 18.2 Å². The van der Waals surface area contributed by atoms with E-state index in [1.54, 1.807) is 12.1 Å². The maximum Gasteiger partial charge on any atom is 0.271 e. The normalized spacial score (nSPS) is 10.8. The number of amides is 1. The fourth-order valence-electron chi connectivity index (χ4n) is 2.66. The molecular formula is C18H21N5O2. The zero-order valence-electron chi connectivity index (χ0n) is 14.5. The van der Waals surface area contributed by atoms with Gasteiger partial charge in [-0.15, -0.1) is 0 Å². The van der Waals surface area contributed by atoms with Crippen LogP contribution in [0.3, 0.4) is 0 Å². The van der Waals surface area contributed by atoms with Gasteiger partial charge in [-0.05, 0) is 38.5 Å². The van der Waals surface area contributed by atoms with Crippen LogP contribution >= 0.6 is 0 Å². The predicted molar refractivity (Wildman–Crippen MR) is 95.2 cm³/mol. The number of hydrogen-bond acceptors (Lipinski definition) is 3. The molecule has 3 aromatic rings. The first-order valence-corrected chi connectivity index (χ1v) is 8.13. The average molecular weight is 339 g/mol. The molecule has 7 heteroatoms. The Balaban J connectivity index is 1.66. The van der Waals surface area contributed by atoms with Crippen LogP contribution in [0.1, 0.15) is 27.4 Å². The Kier molecular flexibility index (Phi) is 4.56. The Morgan fingerprint density at radius 2 is 1.92 bits per heavy atom. The van der Waals surface area contributed by atoms with Gasteiger partial charge in [0, 0.05) is 18.3 Å². The summed E-state index contributed by atoms with van der Waals surface area (Å²) in [5.74, 6) is -0.315. The fourth-order valence-corrected chi connectivity index (χ4v) is 2.66. The molecule has 0 saturated carbocycles. The second-order valence-electron chi connectivity index (χ2n) is 5.95. The summed E-state index contributed by atoms with van der Waals surface area (Å²) in [6.07, 6.45) is 0. The summed E-state index contributed by atoms with van der Waals surface area (Å²) in [4.78, 5) is 24.3. The predicted octanol–water partition coefficient (Wildman–Crippen LogP) is 1.72. The van der Waals surface area contributed by atoms with Crippen LogP contribution < -0.4 is 10.9 Å². The van der Waals surface area contributed by atoms with Gasteiger partial charge in [0.2, 0.25) is 0 Å². The summed E-state index contributed by atoms with van der Waals surface area (Å²) in [6.45, 7) is 7.02. The Labute approximate surface area is 145 Å². The van der Waals surface area contributed by atoms with Gasteiger partial charge in [0.15, 0.2) is 0 Å². The smallest absolute Gasteiger partial charge is 0.271 e. The second kappa shape index (κ2) is 6.80. The molecule has 0 atom stereocenters. The molecule has 3 rings (SSSR count). The molecule has 0 unspecified atom stereocenters. The van der Waals surface area contributed by atoms with Gasteiger partial charge in [-0.2, -0.15) is 5.10 Å². The minimum atomic E-state index is -0.315. The van der Waals surface area contributed by atoms with Gasteiger partial charge in [0.1, 0.15) is 5.69 Å². The van der Waals surface area contributed by atoms with Crippen molar-refractivity contribution in [2.75, 3.05) is 6.54 Å². The number of carbonyl (C=O) groups excluding carboxylic acids is 1. The minimum absolute atomic E-state index is 0.235. The second-order valence-corrected chi connectivity index (χ2v) is 5.95. The molecule has 0 aliphatic heterocycles. The third-order valence-corrected chi connectivity index (χ3v) is 4.33. The molecule has 0 radical (unpaired) electrons. The number of H-pyrrole nitrogens is 1. The van der Waals surface area contributed by atoms with Crippen molar-refractivity contribution in [2.24, 2.45) is 0 Å². The van der Waals surface area contributed by atoms with E-state index in [4.69, 9.17) is 0 Å². The highest BCUT2D eigenvalue weighted by molar-refractivity contribution is 5.92. The number of nitrogens with one attached hydrogen (secondary N) is 2. The van der Waals surface area contributed by atoms with Crippen molar-refractivity contribution < 1.29 is 4.79 Å². The first-order valence-electron chi connectivity index (χ1n) is 8.13. The topological polar surface area (TPSA) is 84.7 Å². The fraction of sp³-hybridized carbons (Fsp3) is 0.278. The van der Waals surface area contributed by atoms with Gasteiger partial charge in [0.25, 0.3) is 11.5 Å². The van der Waals surface area contributed by atoms with Crippen LogP contribution in [0.25, 0.3) is 5.69 Å². The lowest BCUT2D eigenvalue weighted by Crippen LogP contribution is -2.28. The van der Waals surface area contributed by atoms with E-state index in [2.05, 4.69) is 15.5 Å². The molecular weight excluding hydrogens is 318 g/mol. The third kappa shape index (κ3) is 3.40. The van der Waals surface area contributed by atoms with Gasteiger partial charge < -0.3 is 5.32 Å². The summed E-state index contributed by atoms with van der Waals surface area (Å²) in [6, 6.07) is 10.4. The number of hydrogen-bond donors (Lipinski definition) is 2. The van der Waals surface area contributed by atoms with E-state index in [9.17, 15) is 9.59 Å². The van der Waals surface area contributed by atoms with Gasteiger partial charge in [-0.3, -0.25) is 19.4 Å². The largest absolute Gasteiger partial charge is 0.349 e. The lowest BCUT2D eigenvalue weighted by Gasteiger charge is -2.06. The van der Waals surface area contributed by atoms with Crippen LogP contribution in [0.15, 0.2) is 41.2 Å². The van der Waals surface area contributed by atoms with Crippen LogP contribution in [0.2, 0.25) is 0 Å². The number of benzene rings is 1. The maximum atomic E-state index is 12.3. The number of nitrogens with zero attached hydrogens (tertiary/aromatic N) is 3. The zero-order valence-corrected chi connectivity index (χ0v) is 14.5. The molecule has 2 aromatic heterocycles. The van der Waals surface area contributed by atoms with Crippen LogP contribution in [-0.4, -0.2) is 32.0 Å². The van der Waals surface area contributed by atoms with Crippen molar-refractivity contribution in [1.29, 1.82) is 0 Å². The van der Waals surface area contributed by atoms with E-state index in [1.807, 2.05) is 43.7 Å². The number of rotatable bonds is 5. The number of para-hydroxylation sites is 1. The quantitative estimate of drug-likeness (QED) is 0.742. The van der Waals surface area contributed by atoms with Gasteiger partial charge in [0.05, 0.1) is 17.9 Å². The summed E-state index contributed by atoms with van der Waals surface area (Å²) >= 11 is 0. The SMILES string of the molecule is Cc1nn(CCNC(=O)c2cc(=O)n(-c3ccccc3)[nH]2)c(C)c1C. The van der Waals surface area contributed by atoms with Crippen LogP contribution in [-0.2, 0) is 6.54 Å². The summed E-state index contributed by atoms with van der Waals surface area (Å²) in [5, 5.41) is 10.1. The van der Waals surface area contributed by atoms with Crippen molar-refractivity contribution in [2.45, 2.75) is 27.3 Å². The summed E-state index contributed by atoms with van der Waals surface area (Å²) in [7, 11) is 0. The first kappa shape index (κ1) is 16.8. The maximum absolute atomic E-state index is 12.3. The molecule has 2 heterocycles. The molecule has 1 aromatic carbocycles. The molecule has 25 heavy (non-hydrogen) atoms. The molecule has 2 N–H and O–H groups in total. The lowest BCUT2D eigenvalue weighted by molar-refractivity contribution is 0.0946. The van der Waals surface area contributed by atoms with Gasteiger partial charge >= 0.3 is 0 Å². The highest BCUT2D eigenvalue weighted by Crippen LogP contribution is 2.10. The highest BCUT2D eigenvalue weighted by Gasteiger charge is 2.12. The van der Waals surface area contributed by atoms with Crippen molar-refractivity contribution in [3.05, 3.63) is 69.4 Å². The van der Waals surface area contributed by atoms with E-state index in [0.29, 0.717) is 18.8 Å². The van der Waals surface area contributed by atoms with Crippen molar-refractivity contribution >= 4 is 5.91 Å². The number of aromatic amines is 1. The van der Waals surface area contributed by atoms with E-state index >= 15 is 0 Å². The Morgan fingerprint density at radius 1 is 1.20 bits per heavy atom. The lowest BCUT2D eigenvalue weighted by atomic mass is 10.2. The molecule has 0 bridgehead atoms. The molecule has 0 aliphatic rings. The van der Waals surface area contributed by atoms with E-state index < -0.39 is 0 Å². The van der Waals surface area contributed by atoms with Crippen LogP contribution in [0.4, 0.5) is 0 Å². The Bertz CT molecular complexity index is 950. The summed E-state index contributed by atoms with van der Waals surface area (Å²) < 4.78 is 3.22. The van der Waals surface area contributed by atoms with Crippen molar-refractivity contribution in [3.63, 3.8) is 0 Å². The van der Waals surface area contributed by atoms with Crippen molar-refractivity contribution in [3.8, 4) is 5.69 Å². The number of carbonyl (C=O) groups is 1. The molecule has 0 aliphatic carbocycles. The number of aromatic nitrogens is 4. The Hall–Kier alpha value is -3.09. The van der Waals surface area contributed by atoms with Crippen molar-refractivity contribution in [1.82, 2.24) is 24.9 Å². The molecule has 7 nitrogen and oxygen atoms in total. The molecule has 0 saturated heterocycles. The monoisotopic (exact) mass is 339 g/mol. The molecule has 1 amide bonds. The Morgan fingerprint density at radius 3 is 2.56 bits per heavy atom. The van der Waals surface area contributed by atoms with Gasteiger partial charge in [-0.25, -0.2) is 4.68 Å². The highest BCUT2D eigenvalue weighted by atomic mass is 16.2. The molecule has 130 valence electrons. The van der Waals surface area contributed by atoms with E-state index in [0.717, 1.165) is 17.0 Å². The standard InChI is InChI=1S/C18H21N5O2/c1-12-13(2)20-22(14(12)3)10-9-19-18(25)16-11-17(24)23(21-16)15-7-5-4-6-8-15/h4-8,11,21H,9-10H2,1-3H3,(H,19,25).